The van der Waals surface area contributed by atoms with Crippen molar-refractivity contribution in [1.82, 2.24) is 9.29 Å². The lowest BCUT2D eigenvalue weighted by Crippen LogP contribution is -2.39. The smallest absolute Gasteiger partial charge is 0.241 e. The molecule has 7 heteroatoms. The molecule has 0 amide bonds. The highest BCUT2D eigenvalue weighted by atomic mass is 79.9. The first-order valence-electron chi connectivity index (χ1n) is 5.09. The van der Waals surface area contributed by atoms with Gasteiger partial charge in [-0.3, -0.25) is 0 Å². The van der Waals surface area contributed by atoms with Gasteiger partial charge in [0.05, 0.1) is 0 Å². The Morgan fingerprint density at radius 1 is 1.53 bits per heavy atom. The maximum absolute atomic E-state index is 13.5. The van der Waals surface area contributed by atoms with Gasteiger partial charge in [-0.1, -0.05) is 15.9 Å². The Morgan fingerprint density at radius 3 is 2.65 bits per heavy atom. The molecule has 1 heterocycles. The summed E-state index contributed by atoms with van der Waals surface area (Å²) in [4.78, 5) is 3.62. The highest BCUT2D eigenvalue weighted by molar-refractivity contribution is 9.09. The fraction of sp³-hybridized carbons (Fsp3) is 0.500. The lowest BCUT2D eigenvalue weighted by atomic mass is 10.4. The van der Waals surface area contributed by atoms with E-state index >= 15 is 0 Å². The van der Waals surface area contributed by atoms with E-state index in [2.05, 4.69) is 20.9 Å². The topological polar surface area (TPSA) is 50.3 Å². The number of hydrogen-bond acceptors (Lipinski definition) is 3. The van der Waals surface area contributed by atoms with Gasteiger partial charge in [-0.25, -0.2) is 17.8 Å². The molecule has 0 aliphatic heterocycles. The van der Waals surface area contributed by atoms with E-state index in [1.807, 2.05) is 0 Å². The van der Waals surface area contributed by atoms with E-state index in [4.69, 9.17) is 0 Å². The number of nitrogens with zero attached hydrogens (tertiary/aromatic N) is 2. The van der Waals surface area contributed by atoms with Crippen molar-refractivity contribution in [1.29, 1.82) is 0 Å². The number of halogens is 2. The molecule has 96 valence electrons. The first kappa shape index (κ1) is 14.5. The van der Waals surface area contributed by atoms with Crippen molar-refractivity contribution < 1.29 is 12.8 Å². The molecule has 17 heavy (non-hydrogen) atoms. The van der Waals surface area contributed by atoms with Crippen LogP contribution < -0.4 is 0 Å². The lowest BCUT2D eigenvalue weighted by Gasteiger charge is -2.24. The fourth-order valence-corrected chi connectivity index (χ4v) is 3.65. The molecule has 0 saturated carbocycles. The minimum Gasteiger partial charge on any atom is -0.241 e. The molecule has 0 saturated heterocycles. The lowest BCUT2D eigenvalue weighted by molar-refractivity contribution is 0.367. The molecule has 4 nitrogen and oxygen atoms in total. The Balaban J connectivity index is 3.22. The largest absolute Gasteiger partial charge is 0.263 e. The summed E-state index contributed by atoms with van der Waals surface area (Å²) < 4.78 is 39.1. The van der Waals surface area contributed by atoms with Crippen molar-refractivity contribution in [3.8, 4) is 0 Å². The minimum absolute atomic E-state index is 0.251. The molecule has 0 radical (unpaired) electrons. The van der Waals surface area contributed by atoms with Crippen LogP contribution in [0.3, 0.4) is 0 Å². The molecular formula is C10H14BrFN2O2S. The summed E-state index contributed by atoms with van der Waals surface area (Å²) >= 11 is 3.18. The van der Waals surface area contributed by atoms with Crippen LogP contribution in [0.4, 0.5) is 4.39 Å². The van der Waals surface area contributed by atoms with Crippen LogP contribution in [-0.2, 0) is 10.0 Å². The number of rotatable bonds is 5. The van der Waals surface area contributed by atoms with Gasteiger partial charge in [0, 0.05) is 24.1 Å². The van der Waals surface area contributed by atoms with Gasteiger partial charge in [0.15, 0.2) is 5.82 Å². The Bertz CT molecular complexity index is 479. The maximum atomic E-state index is 13.5. The zero-order chi connectivity index (χ0) is 13.1. The number of pyridine rings is 1. The first-order chi connectivity index (χ1) is 7.91. The molecule has 0 unspecified atom stereocenters. The number of aromatic nitrogens is 1. The Morgan fingerprint density at radius 2 is 2.18 bits per heavy atom. The normalized spacial score (nSPS) is 12.4. The molecular weight excluding hydrogens is 311 g/mol. The van der Waals surface area contributed by atoms with Crippen molar-refractivity contribution in [3.05, 3.63) is 24.1 Å². The van der Waals surface area contributed by atoms with Crippen molar-refractivity contribution in [3.63, 3.8) is 0 Å². The van der Waals surface area contributed by atoms with Crippen LogP contribution in [0.5, 0.6) is 0 Å². The van der Waals surface area contributed by atoms with Gasteiger partial charge in [0.25, 0.3) is 10.0 Å². The van der Waals surface area contributed by atoms with Gasteiger partial charge in [-0.2, -0.15) is 4.31 Å². The van der Waals surface area contributed by atoms with Crippen molar-refractivity contribution in [2.24, 2.45) is 0 Å². The zero-order valence-corrected chi connectivity index (χ0v) is 12.0. The number of sulfonamides is 1. The second-order valence-electron chi connectivity index (χ2n) is 3.69. The average Bonchev–Trinajstić information content (AvgIpc) is 2.25. The Hall–Kier alpha value is -0.530. The monoisotopic (exact) mass is 324 g/mol. The maximum Gasteiger partial charge on any atom is 0.263 e. The van der Waals surface area contributed by atoms with E-state index in [0.717, 1.165) is 6.07 Å². The molecule has 1 aromatic rings. The second-order valence-corrected chi connectivity index (χ2v) is 6.29. The molecule has 0 spiro atoms. The molecule has 0 aromatic carbocycles. The van der Waals surface area contributed by atoms with Gasteiger partial charge < -0.3 is 0 Å². The van der Waals surface area contributed by atoms with Crippen LogP contribution in [0.2, 0.25) is 0 Å². The van der Waals surface area contributed by atoms with Crippen LogP contribution in [0.1, 0.15) is 13.8 Å². The third-order valence-corrected chi connectivity index (χ3v) is 4.52. The van der Waals surface area contributed by atoms with Crippen molar-refractivity contribution in [2.45, 2.75) is 24.9 Å². The molecule has 0 bridgehead atoms. The zero-order valence-electron chi connectivity index (χ0n) is 9.60. The summed E-state index contributed by atoms with van der Waals surface area (Å²) in [5.74, 6) is -0.826. The fourth-order valence-electron chi connectivity index (χ4n) is 1.41. The molecule has 0 atom stereocenters. The van der Waals surface area contributed by atoms with E-state index in [1.54, 1.807) is 13.8 Å². The van der Waals surface area contributed by atoms with Gasteiger partial charge in [0.1, 0.15) is 0 Å². The number of hydrogen-bond donors (Lipinski definition) is 0. The van der Waals surface area contributed by atoms with E-state index < -0.39 is 20.9 Å². The van der Waals surface area contributed by atoms with Crippen LogP contribution in [0.15, 0.2) is 23.4 Å². The summed E-state index contributed by atoms with van der Waals surface area (Å²) in [5, 5.41) is -0.0339. The molecule has 0 N–H and O–H groups in total. The van der Waals surface area contributed by atoms with Crippen LogP contribution in [0, 0.1) is 5.82 Å². The van der Waals surface area contributed by atoms with Gasteiger partial charge in [0.2, 0.25) is 5.03 Å². The molecule has 0 aliphatic carbocycles. The van der Waals surface area contributed by atoms with E-state index in [9.17, 15) is 12.8 Å². The van der Waals surface area contributed by atoms with Crippen LogP contribution >= 0.6 is 15.9 Å². The molecule has 0 aliphatic rings. The SMILES string of the molecule is CC(C)N(CCBr)S(=O)(=O)c1ncccc1F. The van der Waals surface area contributed by atoms with Gasteiger partial charge >= 0.3 is 0 Å². The second kappa shape index (κ2) is 5.88. The predicted molar refractivity (Wildman–Crippen MR) is 67.0 cm³/mol. The minimum atomic E-state index is -3.88. The van der Waals surface area contributed by atoms with Crippen LogP contribution in [0.25, 0.3) is 0 Å². The van der Waals surface area contributed by atoms with E-state index in [1.165, 1.54) is 16.6 Å². The highest BCUT2D eigenvalue weighted by Gasteiger charge is 2.30. The highest BCUT2D eigenvalue weighted by Crippen LogP contribution is 2.18. The summed E-state index contributed by atoms with van der Waals surface area (Å²) in [7, 11) is -3.88. The third-order valence-electron chi connectivity index (χ3n) is 2.16. The molecule has 0 fully saturated rings. The van der Waals surface area contributed by atoms with Crippen LogP contribution in [-0.4, -0.2) is 35.6 Å². The quantitative estimate of drug-likeness (QED) is 0.778. The summed E-state index contributed by atoms with van der Waals surface area (Å²) in [5.41, 5.74) is 0. The van der Waals surface area contributed by atoms with Gasteiger partial charge in [-0.15, -0.1) is 0 Å². The van der Waals surface area contributed by atoms with E-state index in [-0.39, 0.29) is 12.6 Å². The predicted octanol–water partition coefficient (Wildman–Crippen LogP) is 2.01. The van der Waals surface area contributed by atoms with Crippen molar-refractivity contribution in [2.75, 3.05) is 11.9 Å². The summed E-state index contributed by atoms with van der Waals surface area (Å²) in [6.45, 7) is 3.75. The first-order valence-corrected chi connectivity index (χ1v) is 7.65. The average molecular weight is 325 g/mol. The Kier molecular flexibility index (Phi) is 5.03. The number of alkyl halides is 1. The van der Waals surface area contributed by atoms with Gasteiger partial charge in [-0.05, 0) is 26.0 Å². The summed E-state index contributed by atoms with van der Waals surface area (Å²) in [6, 6.07) is 2.20. The van der Waals surface area contributed by atoms with E-state index in [0.29, 0.717) is 5.33 Å². The standard InChI is InChI=1S/C10H14BrFN2O2S/c1-8(2)14(7-5-11)17(15,16)10-9(12)4-3-6-13-10/h3-4,6,8H,5,7H2,1-2H3. The molecule has 1 aromatic heterocycles. The summed E-state index contributed by atoms with van der Waals surface area (Å²) in [6.07, 6.45) is 1.27. The van der Waals surface area contributed by atoms with Crippen molar-refractivity contribution >= 4 is 26.0 Å². The molecule has 1 rings (SSSR count). The third kappa shape index (κ3) is 3.23. The Labute approximate surface area is 109 Å².